The number of aromatic nitrogens is 1. The lowest BCUT2D eigenvalue weighted by Crippen LogP contribution is -2.31. The zero-order chi connectivity index (χ0) is 11.9. The van der Waals surface area contributed by atoms with Gasteiger partial charge in [-0.3, -0.25) is 9.78 Å². The maximum atomic E-state index is 11.6. The van der Waals surface area contributed by atoms with E-state index in [9.17, 15) is 4.79 Å². The molecule has 2 heterocycles. The van der Waals surface area contributed by atoms with Crippen molar-refractivity contribution < 1.29 is 4.79 Å². The molecule has 1 amide bonds. The first kappa shape index (κ1) is 12.9. The van der Waals surface area contributed by atoms with Gasteiger partial charge in [-0.25, -0.2) is 0 Å². The van der Waals surface area contributed by atoms with E-state index in [0.29, 0.717) is 17.5 Å². The molecule has 0 atom stereocenters. The van der Waals surface area contributed by atoms with Crippen molar-refractivity contribution in [3.05, 3.63) is 16.6 Å². The minimum atomic E-state index is 0.127. The highest BCUT2D eigenvalue weighted by Crippen LogP contribution is 2.19. The molecule has 4 nitrogen and oxygen atoms in total. The average molecular weight is 271 g/mol. The Morgan fingerprint density at radius 2 is 2.41 bits per heavy atom. The van der Waals surface area contributed by atoms with Crippen LogP contribution in [0.2, 0.25) is 0 Å². The predicted molar refractivity (Wildman–Crippen MR) is 72.3 cm³/mol. The van der Waals surface area contributed by atoms with E-state index < -0.39 is 0 Å². The fraction of sp³-hybridized carbons (Fsp3) is 0.636. The third-order valence-corrected chi connectivity index (χ3v) is 4.83. The largest absolute Gasteiger partial charge is 0.350 e. The van der Waals surface area contributed by atoms with Crippen molar-refractivity contribution >= 4 is 29.0 Å². The summed E-state index contributed by atoms with van der Waals surface area (Å²) < 4.78 is 0. The van der Waals surface area contributed by atoms with Crippen LogP contribution in [0.4, 0.5) is 0 Å². The molecule has 0 aromatic carbocycles. The number of thioether (sulfide) groups is 1. The summed E-state index contributed by atoms with van der Waals surface area (Å²) in [4.78, 5) is 16.7. The van der Waals surface area contributed by atoms with E-state index in [1.54, 1.807) is 34.8 Å². The number of nitrogens with zero attached hydrogens (tertiary/aromatic N) is 1. The van der Waals surface area contributed by atoms with Gasteiger partial charge in [-0.05, 0) is 25.9 Å². The second-order valence-electron chi connectivity index (χ2n) is 4.00. The van der Waals surface area contributed by atoms with Crippen LogP contribution < -0.4 is 10.6 Å². The number of thiazole rings is 1. The van der Waals surface area contributed by atoms with E-state index >= 15 is 0 Å². The van der Waals surface area contributed by atoms with Crippen LogP contribution in [-0.2, 0) is 11.3 Å². The first-order valence-electron chi connectivity index (χ1n) is 5.81. The number of hydrogen-bond donors (Lipinski definition) is 2. The van der Waals surface area contributed by atoms with Crippen LogP contribution in [0.25, 0.3) is 0 Å². The number of hydrogen-bond acceptors (Lipinski definition) is 5. The quantitative estimate of drug-likeness (QED) is 0.846. The number of amides is 1. The van der Waals surface area contributed by atoms with Crippen LogP contribution in [0.3, 0.4) is 0 Å². The summed E-state index contributed by atoms with van der Waals surface area (Å²) in [7, 11) is 0. The molecule has 1 aromatic rings. The molecule has 2 N–H and O–H groups in total. The summed E-state index contributed by atoms with van der Waals surface area (Å²) in [5.41, 5.74) is 1.78. The molecule has 1 aliphatic rings. The highest BCUT2D eigenvalue weighted by atomic mass is 32.2. The molecule has 1 aromatic heterocycles. The van der Waals surface area contributed by atoms with Gasteiger partial charge in [0.1, 0.15) is 0 Å². The van der Waals surface area contributed by atoms with Crippen molar-refractivity contribution in [3.63, 3.8) is 0 Å². The summed E-state index contributed by atoms with van der Waals surface area (Å²) in [5, 5.41) is 6.89. The molecule has 0 unspecified atom stereocenters. The van der Waals surface area contributed by atoms with E-state index in [1.807, 2.05) is 0 Å². The third-order valence-electron chi connectivity index (χ3n) is 2.68. The van der Waals surface area contributed by atoms with Gasteiger partial charge in [-0.2, -0.15) is 0 Å². The minimum absolute atomic E-state index is 0.127. The van der Waals surface area contributed by atoms with E-state index in [4.69, 9.17) is 0 Å². The summed E-state index contributed by atoms with van der Waals surface area (Å²) in [5.74, 6) is 0.700. The fourth-order valence-corrected chi connectivity index (χ4v) is 3.31. The number of rotatable bonds is 5. The molecule has 2 rings (SSSR count). The van der Waals surface area contributed by atoms with Gasteiger partial charge in [0.05, 0.1) is 17.8 Å². The molecule has 94 valence electrons. The Morgan fingerprint density at radius 3 is 3.12 bits per heavy atom. The van der Waals surface area contributed by atoms with Gasteiger partial charge in [0.25, 0.3) is 0 Å². The lowest BCUT2D eigenvalue weighted by atomic mass is 10.2. The number of carbonyl (C=O) groups excluding carboxylic acids is 1. The molecule has 0 saturated carbocycles. The Morgan fingerprint density at radius 1 is 1.59 bits per heavy atom. The zero-order valence-corrected chi connectivity index (χ0v) is 11.3. The van der Waals surface area contributed by atoms with Crippen molar-refractivity contribution in [3.8, 4) is 0 Å². The van der Waals surface area contributed by atoms with Gasteiger partial charge in [-0.1, -0.05) is 0 Å². The van der Waals surface area contributed by atoms with Crippen LogP contribution in [0, 0.1) is 0 Å². The molecular weight excluding hydrogens is 254 g/mol. The molecular formula is C11H17N3OS2. The summed E-state index contributed by atoms with van der Waals surface area (Å²) in [6.45, 7) is 2.77. The van der Waals surface area contributed by atoms with Crippen LogP contribution in [-0.4, -0.2) is 35.0 Å². The van der Waals surface area contributed by atoms with Crippen molar-refractivity contribution in [2.24, 2.45) is 0 Å². The molecule has 0 radical (unpaired) electrons. The van der Waals surface area contributed by atoms with Gasteiger partial charge in [-0.15, -0.1) is 23.1 Å². The fourth-order valence-electron chi connectivity index (χ4n) is 1.72. The van der Waals surface area contributed by atoms with Crippen molar-refractivity contribution in [2.45, 2.75) is 24.6 Å². The topological polar surface area (TPSA) is 54.0 Å². The van der Waals surface area contributed by atoms with Gasteiger partial charge in [0, 0.05) is 16.3 Å². The summed E-state index contributed by atoms with van der Waals surface area (Å²) in [6.07, 6.45) is 4.14. The molecule has 17 heavy (non-hydrogen) atoms. The van der Waals surface area contributed by atoms with Crippen molar-refractivity contribution in [1.82, 2.24) is 15.6 Å². The Labute approximate surface area is 110 Å². The summed E-state index contributed by atoms with van der Waals surface area (Å²) in [6, 6.07) is 0. The van der Waals surface area contributed by atoms with Gasteiger partial charge < -0.3 is 10.6 Å². The van der Waals surface area contributed by atoms with Gasteiger partial charge in [0.2, 0.25) is 5.91 Å². The van der Waals surface area contributed by atoms with E-state index in [1.165, 1.54) is 12.8 Å². The molecule has 0 spiro atoms. The van der Waals surface area contributed by atoms with Crippen LogP contribution >= 0.6 is 23.1 Å². The van der Waals surface area contributed by atoms with E-state index in [2.05, 4.69) is 15.6 Å². The second kappa shape index (κ2) is 6.98. The van der Waals surface area contributed by atoms with Crippen LogP contribution in [0.1, 0.15) is 17.7 Å². The Balaban J connectivity index is 1.60. The average Bonchev–Trinajstić information content (AvgIpc) is 2.88. The Kier molecular flexibility index (Phi) is 5.28. The van der Waals surface area contributed by atoms with Gasteiger partial charge in [0.15, 0.2) is 0 Å². The molecule has 1 fully saturated rings. The van der Waals surface area contributed by atoms with Crippen molar-refractivity contribution in [1.29, 1.82) is 0 Å². The minimum Gasteiger partial charge on any atom is -0.350 e. The predicted octanol–water partition coefficient (Wildman–Crippen LogP) is 1.24. The highest BCUT2D eigenvalue weighted by molar-refractivity contribution is 8.00. The van der Waals surface area contributed by atoms with E-state index in [-0.39, 0.29) is 5.91 Å². The first-order chi connectivity index (χ1) is 8.34. The maximum absolute atomic E-state index is 11.6. The normalized spacial score (nSPS) is 16.9. The maximum Gasteiger partial charge on any atom is 0.230 e. The first-order valence-corrected chi connectivity index (χ1v) is 7.74. The number of carbonyl (C=O) groups is 1. The molecule has 0 bridgehead atoms. The molecule has 6 heteroatoms. The third kappa shape index (κ3) is 4.65. The Hall–Kier alpha value is -0.590. The zero-order valence-electron chi connectivity index (χ0n) is 9.65. The second-order valence-corrected chi connectivity index (χ2v) is 6.26. The molecule has 0 aliphatic carbocycles. The lowest BCUT2D eigenvalue weighted by molar-refractivity contribution is -0.118. The van der Waals surface area contributed by atoms with Gasteiger partial charge >= 0.3 is 0 Å². The highest BCUT2D eigenvalue weighted by Gasteiger charge is 2.14. The SMILES string of the molecule is O=C(CSC1CCNCC1)NCc1cncs1. The number of nitrogens with one attached hydrogen (secondary N) is 2. The molecule has 1 aliphatic heterocycles. The number of piperidine rings is 1. The standard InChI is InChI=1S/C11H17N3OS2/c15-11(14-6-10-5-13-8-17-10)7-16-9-1-3-12-4-2-9/h5,8-9,12H,1-4,6-7H2,(H,14,15). The molecule has 1 saturated heterocycles. The van der Waals surface area contributed by atoms with Crippen LogP contribution in [0.5, 0.6) is 0 Å². The summed E-state index contributed by atoms with van der Waals surface area (Å²) >= 11 is 3.35. The smallest absolute Gasteiger partial charge is 0.230 e. The monoisotopic (exact) mass is 271 g/mol. The van der Waals surface area contributed by atoms with Crippen molar-refractivity contribution in [2.75, 3.05) is 18.8 Å². The Bertz CT molecular complexity index is 336. The van der Waals surface area contributed by atoms with Crippen LogP contribution in [0.15, 0.2) is 11.7 Å². The lowest BCUT2D eigenvalue weighted by Gasteiger charge is -2.21. The van der Waals surface area contributed by atoms with E-state index in [0.717, 1.165) is 18.0 Å².